The van der Waals surface area contributed by atoms with Crippen molar-refractivity contribution in [1.29, 1.82) is 0 Å². The van der Waals surface area contributed by atoms with Crippen LogP contribution >= 0.6 is 11.3 Å². The van der Waals surface area contributed by atoms with Gasteiger partial charge in [0.2, 0.25) is 5.79 Å². The monoisotopic (exact) mass is 384 g/mol. The van der Waals surface area contributed by atoms with Crippen molar-refractivity contribution < 1.29 is 14.3 Å². The highest BCUT2D eigenvalue weighted by Crippen LogP contribution is 2.40. The first-order valence-electron chi connectivity index (χ1n) is 9.71. The summed E-state index contributed by atoms with van der Waals surface area (Å²) in [6.07, 6.45) is 5.93. The van der Waals surface area contributed by atoms with Crippen molar-refractivity contribution >= 4 is 17.2 Å². The molecular formula is C21H24N2O3S. The summed E-state index contributed by atoms with van der Waals surface area (Å²) < 4.78 is 12.6. The average molecular weight is 385 g/mol. The van der Waals surface area contributed by atoms with Crippen molar-refractivity contribution in [3.8, 4) is 16.9 Å². The summed E-state index contributed by atoms with van der Waals surface area (Å²) in [7, 11) is 0. The quantitative estimate of drug-likeness (QED) is 0.875. The van der Waals surface area contributed by atoms with Crippen LogP contribution in [0.4, 0.5) is 0 Å². The molecule has 1 saturated carbocycles. The smallest absolute Gasteiger partial charge is 0.258 e. The number of carbonyl (C=O) groups is 1. The van der Waals surface area contributed by atoms with E-state index >= 15 is 0 Å². The second kappa shape index (κ2) is 6.62. The zero-order chi connectivity index (χ0) is 18.4. The fraction of sp³-hybridized carbons (Fsp3) is 0.476. The molecule has 3 aliphatic rings. The van der Waals surface area contributed by atoms with Crippen LogP contribution in [0.5, 0.6) is 5.75 Å². The Morgan fingerprint density at radius 3 is 2.67 bits per heavy atom. The van der Waals surface area contributed by atoms with Crippen LogP contribution in [0.2, 0.25) is 0 Å². The Balaban J connectivity index is 1.31. The summed E-state index contributed by atoms with van der Waals surface area (Å²) >= 11 is 1.37. The Hall–Kier alpha value is -1.89. The van der Waals surface area contributed by atoms with E-state index in [1.165, 1.54) is 30.6 Å². The highest BCUT2D eigenvalue weighted by molar-refractivity contribution is 7.12. The summed E-state index contributed by atoms with van der Waals surface area (Å²) in [4.78, 5) is 14.5. The van der Waals surface area contributed by atoms with Crippen LogP contribution in [0.1, 0.15) is 47.3 Å². The summed E-state index contributed by atoms with van der Waals surface area (Å²) in [5, 5.41) is 1.96. The summed E-state index contributed by atoms with van der Waals surface area (Å²) in [6.45, 7) is 2.69. The minimum atomic E-state index is -0.462. The molecule has 1 amide bonds. The molecule has 2 fully saturated rings. The molecule has 6 heteroatoms. The third kappa shape index (κ3) is 3.16. The van der Waals surface area contributed by atoms with Gasteiger partial charge in [0.1, 0.15) is 5.75 Å². The molecule has 0 radical (unpaired) electrons. The van der Waals surface area contributed by atoms with Crippen LogP contribution in [-0.4, -0.2) is 35.7 Å². The van der Waals surface area contributed by atoms with Gasteiger partial charge in [-0.3, -0.25) is 9.69 Å². The average Bonchev–Trinajstić information content (AvgIpc) is 3.12. The van der Waals surface area contributed by atoms with E-state index in [1.54, 1.807) is 0 Å². The molecule has 1 saturated heterocycles. The minimum absolute atomic E-state index is 0.383. The third-order valence-electron chi connectivity index (χ3n) is 6.17. The predicted molar refractivity (Wildman–Crippen MR) is 105 cm³/mol. The number of likely N-dealkylation sites (tertiary alicyclic amines) is 1. The Kier molecular flexibility index (Phi) is 4.22. The number of ether oxygens (including phenoxy) is 2. The van der Waals surface area contributed by atoms with Crippen molar-refractivity contribution in [2.24, 2.45) is 5.73 Å². The molecule has 2 aliphatic heterocycles. The molecule has 1 aliphatic carbocycles. The topological polar surface area (TPSA) is 64.8 Å². The maximum absolute atomic E-state index is 11.3. The number of amides is 1. The van der Waals surface area contributed by atoms with Gasteiger partial charge in [0.15, 0.2) is 0 Å². The van der Waals surface area contributed by atoms with Crippen molar-refractivity contribution in [3.05, 3.63) is 40.1 Å². The lowest BCUT2D eigenvalue weighted by Gasteiger charge is -2.47. The molecule has 1 aromatic carbocycles. The van der Waals surface area contributed by atoms with Gasteiger partial charge in [0, 0.05) is 37.5 Å². The van der Waals surface area contributed by atoms with Crippen molar-refractivity contribution in [2.75, 3.05) is 13.1 Å². The number of nitrogens with zero attached hydrogens (tertiary/aromatic N) is 1. The number of fused-ring (bicyclic) bond motifs is 1. The normalized spacial score (nSPS) is 22.1. The number of piperidine rings is 1. The van der Waals surface area contributed by atoms with E-state index in [0.717, 1.165) is 54.4 Å². The number of hydrogen-bond acceptors (Lipinski definition) is 5. The van der Waals surface area contributed by atoms with Gasteiger partial charge < -0.3 is 15.2 Å². The van der Waals surface area contributed by atoms with Gasteiger partial charge >= 0.3 is 0 Å². The van der Waals surface area contributed by atoms with Crippen molar-refractivity contribution in [2.45, 2.75) is 50.5 Å². The van der Waals surface area contributed by atoms with Crippen LogP contribution < -0.4 is 10.5 Å². The maximum Gasteiger partial charge on any atom is 0.258 e. The second-order valence-corrected chi connectivity index (χ2v) is 8.72. The van der Waals surface area contributed by atoms with Crippen LogP contribution in [0.3, 0.4) is 0 Å². The van der Waals surface area contributed by atoms with Gasteiger partial charge in [-0.2, -0.15) is 0 Å². The molecule has 0 atom stereocenters. The van der Waals surface area contributed by atoms with E-state index in [9.17, 15) is 4.79 Å². The highest BCUT2D eigenvalue weighted by Gasteiger charge is 2.42. The minimum Gasteiger partial charge on any atom is -0.462 e. The molecule has 5 nitrogen and oxygen atoms in total. The van der Waals surface area contributed by atoms with E-state index in [1.807, 2.05) is 23.6 Å². The third-order valence-corrected chi connectivity index (χ3v) is 7.12. The number of hydrogen-bond donors (Lipinski definition) is 1. The van der Waals surface area contributed by atoms with Gasteiger partial charge in [0.25, 0.3) is 5.91 Å². The van der Waals surface area contributed by atoms with Crippen LogP contribution in [-0.2, 0) is 11.3 Å². The number of carbonyl (C=O) groups excluding carboxylic acids is 1. The van der Waals surface area contributed by atoms with Gasteiger partial charge in [-0.25, -0.2) is 0 Å². The van der Waals surface area contributed by atoms with Crippen LogP contribution in [0.25, 0.3) is 11.1 Å². The number of nitrogens with two attached hydrogens (primary N) is 1. The molecule has 2 N–H and O–H groups in total. The van der Waals surface area contributed by atoms with Gasteiger partial charge in [-0.15, -0.1) is 11.3 Å². The Morgan fingerprint density at radius 1 is 1.19 bits per heavy atom. The molecule has 1 aromatic heterocycles. The van der Waals surface area contributed by atoms with E-state index in [0.29, 0.717) is 11.5 Å². The van der Waals surface area contributed by atoms with Gasteiger partial charge in [-0.05, 0) is 47.5 Å². The lowest BCUT2D eigenvalue weighted by atomic mass is 9.89. The van der Waals surface area contributed by atoms with Crippen molar-refractivity contribution in [1.82, 2.24) is 4.90 Å². The van der Waals surface area contributed by atoms with E-state index < -0.39 is 5.79 Å². The van der Waals surface area contributed by atoms with Gasteiger partial charge in [0.05, 0.1) is 11.5 Å². The SMILES string of the molecule is NC(=O)c1cc(-c2ccc3c(c2)COC2(CCN(C4CCC4)CC2)O3)cs1. The fourth-order valence-corrected chi connectivity index (χ4v) is 5.02. The molecule has 142 valence electrons. The largest absolute Gasteiger partial charge is 0.462 e. The summed E-state index contributed by atoms with van der Waals surface area (Å²) in [5.41, 5.74) is 8.49. The molecular weight excluding hydrogens is 360 g/mol. The molecule has 3 heterocycles. The first-order chi connectivity index (χ1) is 13.1. The molecule has 27 heavy (non-hydrogen) atoms. The van der Waals surface area contributed by atoms with Crippen LogP contribution in [0.15, 0.2) is 29.6 Å². The Bertz CT molecular complexity index is 866. The molecule has 0 bridgehead atoms. The van der Waals surface area contributed by atoms with Gasteiger partial charge in [-0.1, -0.05) is 12.5 Å². The molecule has 1 spiro atoms. The van der Waals surface area contributed by atoms with Crippen LogP contribution in [0, 0.1) is 0 Å². The number of rotatable bonds is 3. The fourth-order valence-electron chi connectivity index (χ4n) is 4.26. The van der Waals surface area contributed by atoms with E-state index in [2.05, 4.69) is 11.0 Å². The zero-order valence-electron chi connectivity index (χ0n) is 15.3. The lowest BCUT2D eigenvalue weighted by molar-refractivity contribution is -0.231. The van der Waals surface area contributed by atoms with Crippen molar-refractivity contribution in [3.63, 3.8) is 0 Å². The number of benzene rings is 1. The first-order valence-corrected chi connectivity index (χ1v) is 10.6. The summed E-state index contributed by atoms with van der Waals surface area (Å²) in [5.74, 6) is 0.0783. The standard InChI is InChI=1S/C21H24N2O3S/c22-20(24)19-11-16(13-27-19)14-4-5-18-15(10-14)12-25-21(26-18)6-8-23(9-7-21)17-2-1-3-17/h4-5,10-11,13,17H,1-3,6-9,12H2,(H2,22,24). The number of primary amides is 1. The Labute approximate surface area is 163 Å². The maximum atomic E-state index is 11.3. The molecule has 5 rings (SSSR count). The zero-order valence-corrected chi connectivity index (χ0v) is 16.1. The molecule has 2 aromatic rings. The van der Waals surface area contributed by atoms with E-state index in [4.69, 9.17) is 15.2 Å². The Morgan fingerprint density at radius 2 is 2.00 bits per heavy atom. The number of thiophene rings is 1. The predicted octanol–water partition coefficient (Wildman–Crippen LogP) is 3.77. The highest BCUT2D eigenvalue weighted by atomic mass is 32.1. The second-order valence-electron chi connectivity index (χ2n) is 7.81. The molecule has 0 unspecified atom stereocenters. The lowest BCUT2D eigenvalue weighted by Crippen LogP contribution is -2.54. The first kappa shape index (κ1) is 17.2. The van der Waals surface area contributed by atoms with E-state index in [-0.39, 0.29) is 5.91 Å². The summed E-state index contributed by atoms with van der Waals surface area (Å²) in [6, 6.07) is 8.81.